The average Bonchev–Trinajstić information content (AvgIpc) is 2.99. The molecule has 0 unspecified atom stereocenters. The molecule has 0 aliphatic carbocycles. The molecule has 23 heavy (non-hydrogen) atoms. The van der Waals surface area contributed by atoms with Crippen molar-refractivity contribution in [2.24, 2.45) is 0 Å². The zero-order chi connectivity index (χ0) is 16.3. The van der Waals surface area contributed by atoms with E-state index in [1.807, 2.05) is 12.4 Å². The van der Waals surface area contributed by atoms with Crippen molar-refractivity contribution in [3.05, 3.63) is 18.0 Å². The Hall–Kier alpha value is -1.24. The van der Waals surface area contributed by atoms with Crippen molar-refractivity contribution in [1.29, 1.82) is 0 Å². The smallest absolute Gasteiger partial charge is 0.225 e. The molecule has 3 heterocycles. The molecule has 6 heteroatoms. The van der Waals surface area contributed by atoms with Gasteiger partial charge in [0, 0.05) is 56.2 Å². The van der Waals surface area contributed by atoms with Crippen LogP contribution in [0.4, 0.5) is 5.95 Å². The Morgan fingerprint density at radius 1 is 1.13 bits per heavy atom. The summed E-state index contributed by atoms with van der Waals surface area (Å²) in [6.07, 6.45) is 7.14. The number of hydrogen-bond acceptors (Lipinski definition) is 6. The Bertz CT molecular complexity index is 494. The Balaban J connectivity index is 1.63. The number of piperazine rings is 1. The van der Waals surface area contributed by atoms with Crippen molar-refractivity contribution in [2.45, 2.75) is 38.3 Å². The summed E-state index contributed by atoms with van der Waals surface area (Å²) in [7, 11) is 2.15. The monoisotopic (exact) mass is 319 g/mol. The molecule has 2 fully saturated rings. The molecule has 1 N–H and O–H groups in total. The van der Waals surface area contributed by atoms with Gasteiger partial charge >= 0.3 is 0 Å². The fraction of sp³-hybridized carbons (Fsp3) is 0.765. The first kappa shape index (κ1) is 16.6. The second kappa shape index (κ2) is 7.11. The van der Waals surface area contributed by atoms with Gasteiger partial charge in [0.05, 0.1) is 6.61 Å². The Morgan fingerprint density at radius 3 is 2.43 bits per heavy atom. The summed E-state index contributed by atoms with van der Waals surface area (Å²) in [6, 6.07) is 0. The predicted octanol–water partition coefficient (Wildman–Crippen LogP) is 0.965. The van der Waals surface area contributed by atoms with Crippen molar-refractivity contribution < 1.29 is 5.11 Å². The van der Waals surface area contributed by atoms with Gasteiger partial charge in [-0.2, -0.15) is 0 Å². The topological polar surface area (TPSA) is 55.7 Å². The largest absolute Gasteiger partial charge is 0.394 e. The summed E-state index contributed by atoms with van der Waals surface area (Å²) in [5, 5.41) is 9.82. The van der Waals surface area contributed by atoms with Gasteiger partial charge in [0.15, 0.2) is 0 Å². The summed E-state index contributed by atoms with van der Waals surface area (Å²) in [5.41, 5.74) is 1.09. The normalized spacial score (nSPS) is 26.8. The average molecular weight is 319 g/mol. The highest BCUT2D eigenvalue weighted by Gasteiger charge is 2.38. The molecule has 2 aliphatic rings. The second-order valence-corrected chi connectivity index (χ2v) is 6.94. The number of aliphatic hydroxyl groups excluding tert-OH is 1. The molecule has 0 aromatic carbocycles. The van der Waals surface area contributed by atoms with E-state index in [1.54, 1.807) is 0 Å². The molecule has 0 saturated carbocycles. The summed E-state index contributed by atoms with van der Waals surface area (Å²) in [6.45, 7) is 8.40. The third kappa shape index (κ3) is 3.49. The Labute approximate surface area is 139 Å². The molecular formula is C17H29N5O. The Morgan fingerprint density at radius 2 is 1.83 bits per heavy atom. The number of aromatic nitrogens is 2. The van der Waals surface area contributed by atoms with Gasteiger partial charge in [-0.1, -0.05) is 6.92 Å². The minimum atomic E-state index is -0.0455. The van der Waals surface area contributed by atoms with Crippen LogP contribution in [-0.4, -0.2) is 76.8 Å². The molecule has 1 aromatic rings. The maximum absolute atomic E-state index is 9.82. The van der Waals surface area contributed by atoms with Crippen LogP contribution in [-0.2, 0) is 6.54 Å². The number of anilines is 1. The van der Waals surface area contributed by atoms with Gasteiger partial charge in [0.1, 0.15) is 0 Å². The molecule has 6 nitrogen and oxygen atoms in total. The lowest BCUT2D eigenvalue weighted by Gasteiger charge is -2.36. The van der Waals surface area contributed by atoms with Crippen LogP contribution in [0.2, 0.25) is 0 Å². The van der Waals surface area contributed by atoms with Crippen LogP contribution in [0.25, 0.3) is 0 Å². The quantitative estimate of drug-likeness (QED) is 0.873. The van der Waals surface area contributed by atoms with E-state index >= 15 is 0 Å². The maximum atomic E-state index is 9.82. The van der Waals surface area contributed by atoms with E-state index in [9.17, 15) is 5.11 Å². The molecule has 2 saturated heterocycles. The van der Waals surface area contributed by atoms with Crippen LogP contribution in [0.3, 0.4) is 0 Å². The fourth-order valence-electron chi connectivity index (χ4n) is 3.75. The van der Waals surface area contributed by atoms with Crippen molar-refractivity contribution in [2.75, 3.05) is 51.3 Å². The summed E-state index contributed by atoms with van der Waals surface area (Å²) in [5.74, 6) is 0.840. The number of likely N-dealkylation sites (N-methyl/N-ethyl adjacent to an activating group) is 1. The molecule has 1 aromatic heterocycles. The lowest BCUT2D eigenvalue weighted by atomic mass is 9.94. The first-order chi connectivity index (χ1) is 11.2. The van der Waals surface area contributed by atoms with Gasteiger partial charge in [-0.05, 0) is 32.9 Å². The maximum Gasteiger partial charge on any atom is 0.225 e. The molecule has 0 bridgehead atoms. The molecule has 2 aliphatic heterocycles. The van der Waals surface area contributed by atoms with Crippen LogP contribution in [0, 0.1) is 0 Å². The third-order valence-corrected chi connectivity index (χ3v) is 5.54. The second-order valence-electron chi connectivity index (χ2n) is 6.94. The van der Waals surface area contributed by atoms with Crippen LogP contribution in [0.5, 0.6) is 0 Å². The van der Waals surface area contributed by atoms with Crippen molar-refractivity contribution in [3.8, 4) is 0 Å². The van der Waals surface area contributed by atoms with Crippen molar-refractivity contribution in [1.82, 2.24) is 19.8 Å². The van der Waals surface area contributed by atoms with E-state index in [2.05, 4.69) is 38.6 Å². The van der Waals surface area contributed by atoms with Crippen LogP contribution < -0.4 is 4.90 Å². The highest BCUT2D eigenvalue weighted by Crippen LogP contribution is 2.33. The minimum absolute atomic E-state index is 0.0455. The zero-order valence-electron chi connectivity index (χ0n) is 14.4. The van der Waals surface area contributed by atoms with E-state index in [4.69, 9.17) is 0 Å². The lowest BCUT2D eigenvalue weighted by Crippen LogP contribution is -2.46. The van der Waals surface area contributed by atoms with Gasteiger partial charge in [-0.15, -0.1) is 0 Å². The molecule has 3 rings (SSSR count). The third-order valence-electron chi connectivity index (χ3n) is 5.54. The van der Waals surface area contributed by atoms with E-state index < -0.39 is 0 Å². The van der Waals surface area contributed by atoms with E-state index in [0.717, 1.165) is 70.0 Å². The predicted molar refractivity (Wildman–Crippen MR) is 91.5 cm³/mol. The SMILES string of the molecule is CC[C@@]1(CO)CCCN1Cc1cnc(N2CCN(C)CC2)nc1. The number of rotatable bonds is 5. The number of likely N-dealkylation sites (tertiary alicyclic amines) is 1. The highest BCUT2D eigenvalue weighted by atomic mass is 16.3. The first-order valence-corrected chi connectivity index (χ1v) is 8.77. The van der Waals surface area contributed by atoms with Crippen LogP contribution >= 0.6 is 0 Å². The summed E-state index contributed by atoms with van der Waals surface area (Å²) < 4.78 is 0. The van der Waals surface area contributed by atoms with Gasteiger partial charge in [0.25, 0.3) is 0 Å². The molecule has 0 radical (unpaired) electrons. The zero-order valence-corrected chi connectivity index (χ0v) is 14.4. The van der Waals surface area contributed by atoms with Crippen LogP contribution in [0.1, 0.15) is 31.7 Å². The van der Waals surface area contributed by atoms with E-state index in [-0.39, 0.29) is 12.1 Å². The number of aliphatic hydroxyl groups is 1. The first-order valence-electron chi connectivity index (χ1n) is 8.77. The molecular weight excluding hydrogens is 290 g/mol. The van der Waals surface area contributed by atoms with Crippen molar-refractivity contribution in [3.63, 3.8) is 0 Å². The molecule has 0 amide bonds. The number of hydrogen-bond donors (Lipinski definition) is 1. The molecule has 0 spiro atoms. The van der Waals surface area contributed by atoms with E-state index in [0.29, 0.717) is 0 Å². The summed E-state index contributed by atoms with van der Waals surface area (Å²) >= 11 is 0. The fourth-order valence-corrected chi connectivity index (χ4v) is 3.75. The van der Waals surface area contributed by atoms with E-state index in [1.165, 1.54) is 0 Å². The molecule has 128 valence electrons. The van der Waals surface area contributed by atoms with Gasteiger partial charge in [-0.25, -0.2) is 9.97 Å². The standard InChI is InChI=1S/C17H29N5O/c1-3-17(14-23)5-4-6-22(17)13-15-11-18-16(19-12-15)21-9-7-20(2)8-10-21/h11-12,23H,3-10,13-14H2,1-2H3/t17-/m0/s1. The van der Waals surface area contributed by atoms with Crippen LogP contribution in [0.15, 0.2) is 12.4 Å². The van der Waals surface area contributed by atoms with Gasteiger partial charge < -0.3 is 14.9 Å². The Kier molecular flexibility index (Phi) is 5.14. The van der Waals surface area contributed by atoms with Gasteiger partial charge in [0.2, 0.25) is 5.95 Å². The highest BCUT2D eigenvalue weighted by molar-refractivity contribution is 5.30. The number of nitrogens with zero attached hydrogens (tertiary/aromatic N) is 5. The lowest BCUT2D eigenvalue weighted by molar-refractivity contribution is 0.0547. The van der Waals surface area contributed by atoms with Crippen molar-refractivity contribution >= 4 is 5.95 Å². The molecule has 1 atom stereocenters. The van der Waals surface area contributed by atoms with Gasteiger partial charge in [-0.3, -0.25) is 4.90 Å². The minimum Gasteiger partial charge on any atom is -0.394 e. The summed E-state index contributed by atoms with van der Waals surface area (Å²) in [4.78, 5) is 16.1.